The molecule has 0 atom stereocenters. The van der Waals surface area contributed by atoms with Gasteiger partial charge in [-0.2, -0.15) is 0 Å². The van der Waals surface area contributed by atoms with Gasteiger partial charge in [0.25, 0.3) is 11.5 Å². The zero-order chi connectivity index (χ0) is 20.7. The topological polar surface area (TPSA) is 89.8 Å². The van der Waals surface area contributed by atoms with E-state index in [-0.39, 0.29) is 11.5 Å². The molecular weight excluding hydrogens is 438 g/mol. The lowest BCUT2D eigenvalue weighted by atomic mass is 10.2. The Morgan fingerprint density at radius 2 is 2.07 bits per heavy atom. The summed E-state index contributed by atoms with van der Waals surface area (Å²) in [5.41, 5.74) is 1.83. The molecule has 1 aromatic carbocycles. The van der Waals surface area contributed by atoms with Crippen molar-refractivity contribution in [2.24, 2.45) is 0 Å². The first-order valence-corrected chi connectivity index (χ1v) is 12.1. The van der Waals surface area contributed by atoms with Gasteiger partial charge in [0, 0.05) is 18.7 Å². The van der Waals surface area contributed by atoms with Crippen molar-refractivity contribution in [3.8, 4) is 0 Å². The quantitative estimate of drug-likeness (QED) is 0.360. The van der Waals surface area contributed by atoms with Crippen LogP contribution in [-0.2, 0) is 18.7 Å². The maximum atomic E-state index is 12.9. The Morgan fingerprint density at radius 1 is 1.23 bits per heavy atom. The highest BCUT2D eigenvalue weighted by atomic mass is 32.2. The second-order valence-electron chi connectivity index (χ2n) is 6.93. The van der Waals surface area contributed by atoms with E-state index in [2.05, 4.69) is 32.6 Å². The Balaban J connectivity index is 1.34. The van der Waals surface area contributed by atoms with E-state index in [4.69, 9.17) is 0 Å². The number of aromatic nitrogens is 4. The minimum Gasteiger partial charge on any atom is -0.296 e. The zero-order valence-corrected chi connectivity index (χ0v) is 18.5. The highest BCUT2D eigenvalue weighted by Gasteiger charge is 2.23. The van der Waals surface area contributed by atoms with Crippen LogP contribution in [-0.4, -0.2) is 25.7 Å². The Morgan fingerprint density at radius 3 is 2.90 bits per heavy atom. The molecule has 30 heavy (non-hydrogen) atoms. The minimum absolute atomic E-state index is 0.0455. The van der Waals surface area contributed by atoms with Crippen LogP contribution in [0.2, 0.25) is 0 Å². The van der Waals surface area contributed by atoms with Crippen molar-refractivity contribution < 1.29 is 4.79 Å². The Kier molecular flexibility index (Phi) is 5.13. The van der Waals surface area contributed by atoms with E-state index < -0.39 is 0 Å². The summed E-state index contributed by atoms with van der Waals surface area (Å²) in [5, 5.41) is 12.1. The average molecular weight is 456 g/mol. The van der Waals surface area contributed by atoms with E-state index in [1.54, 1.807) is 23.3 Å². The Hall–Kier alpha value is -2.56. The first-order valence-electron chi connectivity index (χ1n) is 9.44. The van der Waals surface area contributed by atoms with Gasteiger partial charge in [-0.05, 0) is 24.5 Å². The van der Waals surface area contributed by atoms with Gasteiger partial charge in [-0.1, -0.05) is 53.4 Å². The standard InChI is InChI=1S/C20H17N5O2S3/c1-11-14-17(21-13-8-5-9-25(13)18(14)27)29-15(11)16(26)22-19-23-24-20(30-19)28-10-12-6-3-2-4-7-12/h2-4,6-7H,5,8-10H2,1H3,(H,22,23,26). The van der Waals surface area contributed by atoms with Gasteiger partial charge >= 0.3 is 0 Å². The van der Waals surface area contributed by atoms with E-state index in [0.29, 0.717) is 32.3 Å². The highest BCUT2D eigenvalue weighted by molar-refractivity contribution is 8.00. The van der Waals surface area contributed by atoms with Gasteiger partial charge in [0.05, 0.1) is 10.3 Å². The van der Waals surface area contributed by atoms with Crippen LogP contribution in [0.4, 0.5) is 5.13 Å². The number of carbonyl (C=O) groups excluding carboxylic acids is 1. The monoisotopic (exact) mass is 455 g/mol. The summed E-state index contributed by atoms with van der Waals surface area (Å²) in [7, 11) is 0. The molecule has 1 amide bonds. The molecule has 5 rings (SSSR count). The second kappa shape index (κ2) is 7.93. The lowest BCUT2D eigenvalue weighted by molar-refractivity contribution is 0.103. The molecule has 0 bridgehead atoms. The number of thiophene rings is 1. The van der Waals surface area contributed by atoms with Crippen molar-refractivity contribution in [2.45, 2.75) is 36.4 Å². The van der Waals surface area contributed by atoms with Crippen LogP contribution in [0.1, 0.15) is 33.0 Å². The summed E-state index contributed by atoms with van der Waals surface area (Å²) >= 11 is 4.18. The first kappa shape index (κ1) is 19.4. The van der Waals surface area contributed by atoms with Crippen LogP contribution in [0.3, 0.4) is 0 Å². The number of anilines is 1. The molecule has 1 aliphatic rings. The molecule has 7 nitrogen and oxygen atoms in total. The summed E-state index contributed by atoms with van der Waals surface area (Å²) < 4.78 is 2.52. The van der Waals surface area contributed by atoms with E-state index in [1.165, 1.54) is 28.2 Å². The SMILES string of the molecule is Cc1c(C(=O)Nc2nnc(SCc3ccccc3)s2)sc2nc3n(c(=O)c12)CCC3. The number of hydrogen-bond donors (Lipinski definition) is 1. The third kappa shape index (κ3) is 3.55. The van der Waals surface area contributed by atoms with Gasteiger partial charge in [-0.15, -0.1) is 21.5 Å². The largest absolute Gasteiger partial charge is 0.296 e. The van der Waals surface area contributed by atoms with Crippen LogP contribution in [0.15, 0.2) is 39.5 Å². The molecule has 0 fully saturated rings. The summed E-state index contributed by atoms with van der Waals surface area (Å²) in [6.45, 7) is 2.50. The van der Waals surface area contributed by atoms with Crippen LogP contribution in [0, 0.1) is 6.92 Å². The summed E-state index contributed by atoms with van der Waals surface area (Å²) in [6.07, 6.45) is 1.74. The molecule has 10 heteroatoms. The molecule has 1 aliphatic heterocycles. The fraction of sp³-hybridized carbons (Fsp3) is 0.250. The van der Waals surface area contributed by atoms with E-state index in [0.717, 1.165) is 28.8 Å². The number of amides is 1. The normalized spacial score (nSPS) is 13.0. The van der Waals surface area contributed by atoms with Crippen molar-refractivity contribution in [2.75, 3.05) is 5.32 Å². The van der Waals surface area contributed by atoms with Crippen LogP contribution in [0.5, 0.6) is 0 Å². The van der Waals surface area contributed by atoms with Crippen molar-refractivity contribution >= 4 is 55.7 Å². The lowest BCUT2D eigenvalue weighted by Crippen LogP contribution is -2.20. The molecule has 152 valence electrons. The predicted molar refractivity (Wildman–Crippen MR) is 121 cm³/mol. The number of aryl methyl sites for hydroxylation is 2. The van der Waals surface area contributed by atoms with Gasteiger partial charge in [-0.3, -0.25) is 19.5 Å². The highest BCUT2D eigenvalue weighted by Crippen LogP contribution is 2.31. The maximum Gasteiger partial charge on any atom is 0.267 e. The molecule has 4 aromatic rings. The fourth-order valence-corrected chi connectivity index (χ4v) is 6.27. The average Bonchev–Trinajstić information content (AvgIpc) is 3.47. The van der Waals surface area contributed by atoms with Gasteiger partial charge in [-0.25, -0.2) is 4.98 Å². The van der Waals surface area contributed by atoms with Crippen LogP contribution in [0.25, 0.3) is 10.2 Å². The zero-order valence-electron chi connectivity index (χ0n) is 16.0. The Bertz CT molecular complexity index is 1310. The molecule has 0 spiro atoms. The molecule has 4 heterocycles. The molecule has 0 radical (unpaired) electrons. The number of nitrogens with zero attached hydrogens (tertiary/aromatic N) is 4. The molecule has 0 saturated heterocycles. The third-order valence-corrected chi connectivity index (χ3v) is 8.18. The number of carbonyl (C=O) groups is 1. The molecule has 0 unspecified atom stereocenters. The Labute approximate surface area is 184 Å². The maximum absolute atomic E-state index is 12.9. The van der Waals surface area contributed by atoms with Gasteiger partial charge in [0.15, 0.2) is 4.34 Å². The van der Waals surface area contributed by atoms with Crippen molar-refractivity contribution in [1.29, 1.82) is 0 Å². The molecule has 0 aliphatic carbocycles. The number of nitrogens with one attached hydrogen (secondary N) is 1. The van der Waals surface area contributed by atoms with Gasteiger partial charge in [0.1, 0.15) is 10.7 Å². The number of benzene rings is 1. The van der Waals surface area contributed by atoms with Gasteiger partial charge in [0.2, 0.25) is 5.13 Å². The first-order chi connectivity index (χ1) is 14.6. The van der Waals surface area contributed by atoms with Crippen LogP contribution < -0.4 is 10.9 Å². The molecule has 1 N–H and O–H groups in total. The molecule has 3 aromatic heterocycles. The number of rotatable bonds is 5. The van der Waals surface area contributed by atoms with E-state index >= 15 is 0 Å². The number of thioether (sulfide) groups is 1. The summed E-state index contributed by atoms with van der Waals surface area (Å²) in [6, 6.07) is 10.1. The minimum atomic E-state index is -0.282. The molecular formula is C20H17N5O2S3. The van der Waals surface area contributed by atoms with Gasteiger partial charge < -0.3 is 0 Å². The number of hydrogen-bond acceptors (Lipinski definition) is 8. The van der Waals surface area contributed by atoms with Crippen molar-refractivity contribution in [3.63, 3.8) is 0 Å². The van der Waals surface area contributed by atoms with Crippen LogP contribution >= 0.6 is 34.4 Å². The number of fused-ring (bicyclic) bond motifs is 2. The lowest BCUT2D eigenvalue weighted by Gasteiger charge is -2.02. The second-order valence-corrected chi connectivity index (χ2v) is 10.1. The third-order valence-electron chi connectivity index (χ3n) is 4.95. The van der Waals surface area contributed by atoms with E-state index in [9.17, 15) is 9.59 Å². The smallest absolute Gasteiger partial charge is 0.267 e. The fourth-order valence-electron chi connectivity index (χ4n) is 3.48. The van der Waals surface area contributed by atoms with E-state index in [1.807, 2.05) is 18.2 Å². The van der Waals surface area contributed by atoms with Crippen molar-refractivity contribution in [3.05, 3.63) is 62.5 Å². The van der Waals surface area contributed by atoms with Crippen molar-refractivity contribution in [1.82, 2.24) is 19.7 Å². The molecule has 0 saturated carbocycles. The summed E-state index contributed by atoms with van der Waals surface area (Å²) in [4.78, 5) is 31.4. The predicted octanol–water partition coefficient (Wildman–Crippen LogP) is 4.11. The summed E-state index contributed by atoms with van der Waals surface area (Å²) in [5.74, 6) is 1.32.